The molecule has 19 heavy (non-hydrogen) atoms. The third-order valence-electron chi connectivity index (χ3n) is 3.54. The van der Waals surface area contributed by atoms with E-state index in [0.717, 1.165) is 38.2 Å². The van der Waals surface area contributed by atoms with Crippen LogP contribution in [0.1, 0.15) is 30.9 Å². The highest BCUT2D eigenvalue weighted by atomic mass is 16.5. The zero-order valence-electron chi connectivity index (χ0n) is 11.5. The summed E-state index contributed by atoms with van der Waals surface area (Å²) in [6.07, 6.45) is 2.22. The number of ether oxygens (including phenoxy) is 2. The molecule has 0 saturated carbocycles. The van der Waals surface area contributed by atoms with Gasteiger partial charge in [0.15, 0.2) is 0 Å². The van der Waals surface area contributed by atoms with Gasteiger partial charge >= 0.3 is 0 Å². The van der Waals surface area contributed by atoms with E-state index in [2.05, 4.69) is 18.3 Å². The highest BCUT2D eigenvalue weighted by Gasteiger charge is 2.26. The molecule has 102 valence electrons. The second-order valence-corrected chi connectivity index (χ2v) is 5.22. The van der Waals surface area contributed by atoms with Gasteiger partial charge in [-0.05, 0) is 37.5 Å². The number of nitrogens with zero attached hydrogens (tertiary/aromatic N) is 1. The average molecular weight is 260 g/mol. The summed E-state index contributed by atoms with van der Waals surface area (Å²) < 4.78 is 10.7. The summed E-state index contributed by atoms with van der Waals surface area (Å²) in [5.74, 6) is 0.631. The normalized spacial score (nSPS) is 22.8. The van der Waals surface area contributed by atoms with Gasteiger partial charge in [-0.3, -0.25) is 0 Å². The van der Waals surface area contributed by atoms with Gasteiger partial charge in [-0.2, -0.15) is 5.26 Å². The quantitative estimate of drug-likeness (QED) is 0.902. The first-order valence-electron chi connectivity index (χ1n) is 6.57. The number of nitriles is 1. The van der Waals surface area contributed by atoms with Crippen LogP contribution in [0.3, 0.4) is 0 Å². The van der Waals surface area contributed by atoms with E-state index in [1.807, 2.05) is 12.1 Å². The summed E-state index contributed by atoms with van der Waals surface area (Å²) in [6.45, 7) is 4.55. The third-order valence-corrected chi connectivity index (χ3v) is 3.54. The van der Waals surface area contributed by atoms with Gasteiger partial charge in [-0.1, -0.05) is 6.07 Å². The highest BCUT2D eigenvalue weighted by molar-refractivity contribution is 5.45. The molecule has 4 heteroatoms. The van der Waals surface area contributed by atoms with Gasteiger partial charge in [0, 0.05) is 18.7 Å². The van der Waals surface area contributed by atoms with E-state index in [1.54, 1.807) is 13.2 Å². The fourth-order valence-electron chi connectivity index (χ4n) is 2.33. The molecule has 1 fully saturated rings. The Bertz CT molecular complexity index is 474. The number of nitrogens with one attached hydrogen (secondary N) is 1. The molecule has 0 bridgehead atoms. The van der Waals surface area contributed by atoms with Crippen LogP contribution in [0.2, 0.25) is 0 Å². The van der Waals surface area contributed by atoms with Gasteiger partial charge in [0.25, 0.3) is 0 Å². The van der Waals surface area contributed by atoms with Crippen molar-refractivity contribution in [1.82, 2.24) is 5.32 Å². The van der Waals surface area contributed by atoms with Gasteiger partial charge in [0.1, 0.15) is 11.8 Å². The van der Waals surface area contributed by atoms with E-state index < -0.39 is 0 Å². The van der Waals surface area contributed by atoms with E-state index in [4.69, 9.17) is 14.7 Å². The summed E-state index contributed by atoms with van der Waals surface area (Å²) in [5.41, 5.74) is 1.72. The van der Waals surface area contributed by atoms with Crippen LogP contribution in [0, 0.1) is 11.3 Å². The van der Waals surface area contributed by atoms with Crippen molar-refractivity contribution in [3.8, 4) is 11.8 Å². The molecule has 1 aliphatic rings. The van der Waals surface area contributed by atoms with Crippen LogP contribution in [-0.2, 0) is 11.3 Å². The minimum atomic E-state index is 0.0411. The molecule has 4 nitrogen and oxygen atoms in total. The van der Waals surface area contributed by atoms with Crippen molar-refractivity contribution in [3.63, 3.8) is 0 Å². The van der Waals surface area contributed by atoms with Gasteiger partial charge < -0.3 is 14.8 Å². The smallest absolute Gasteiger partial charge is 0.136 e. The number of rotatable bonds is 4. The lowest BCUT2D eigenvalue weighted by molar-refractivity contribution is 0.0278. The average Bonchev–Trinajstić information content (AvgIpc) is 2.45. The Hall–Kier alpha value is -1.57. The van der Waals surface area contributed by atoms with Crippen LogP contribution >= 0.6 is 0 Å². The topological polar surface area (TPSA) is 54.3 Å². The molecule has 0 aromatic heterocycles. The van der Waals surface area contributed by atoms with Crippen LogP contribution in [0.15, 0.2) is 18.2 Å². The number of benzene rings is 1. The Kier molecular flexibility index (Phi) is 4.41. The van der Waals surface area contributed by atoms with Crippen molar-refractivity contribution in [2.75, 3.05) is 20.3 Å². The van der Waals surface area contributed by atoms with Gasteiger partial charge in [0.2, 0.25) is 0 Å². The van der Waals surface area contributed by atoms with Crippen LogP contribution in [0.5, 0.6) is 5.75 Å². The van der Waals surface area contributed by atoms with E-state index in [-0.39, 0.29) is 5.54 Å². The summed E-state index contributed by atoms with van der Waals surface area (Å²) in [6, 6.07) is 7.80. The van der Waals surface area contributed by atoms with E-state index in [9.17, 15) is 0 Å². The monoisotopic (exact) mass is 260 g/mol. The molecule has 1 aromatic rings. The molecule has 1 N–H and O–H groups in total. The Morgan fingerprint density at radius 2 is 2.37 bits per heavy atom. The first kappa shape index (κ1) is 13.9. The van der Waals surface area contributed by atoms with Crippen molar-refractivity contribution >= 4 is 0 Å². The predicted molar refractivity (Wildman–Crippen MR) is 73.0 cm³/mol. The minimum Gasteiger partial charge on any atom is -0.495 e. The van der Waals surface area contributed by atoms with E-state index in [0.29, 0.717) is 11.3 Å². The Morgan fingerprint density at radius 1 is 1.53 bits per heavy atom. The summed E-state index contributed by atoms with van der Waals surface area (Å²) >= 11 is 0. The van der Waals surface area contributed by atoms with Gasteiger partial charge in [-0.25, -0.2) is 0 Å². The van der Waals surface area contributed by atoms with Crippen molar-refractivity contribution in [2.45, 2.75) is 31.8 Å². The predicted octanol–water partition coefficient (Wildman–Crippen LogP) is 2.23. The molecule has 1 aliphatic heterocycles. The van der Waals surface area contributed by atoms with Gasteiger partial charge in [0.05, 0.1) is 19.3 Å². The molecule has 1 aromatic carbocycles. The molecular weight excluding hydrogens is 240 g/mol. The maximum Gasteiger partial charge on any atom is 0.136 e. The largest absolute Gasteiger partial charge is 0.495 e. The number of hydrogen-bond donors (Lipinski definition) is 1. The molecule has 0 spiro atoms. The highest BCUT2D eigenvalue weighted by Crippen LogP contribution is 2.22. The summed E-state index contributed by atoms with van der Waals surface area (Å²) in [4.78, 5) is 0. The Morgan fingerprint density at radius 3 is 3.00 bits per heavy atom. The third kappa shape index (κ3) is 3.46. The van der Waals surface area contributed by atoms with Crippen molar-refractivity contribution in [2.24, 2.45) is 0 Å². The molecule has 0 aliphatic carbocycles. The second kappa shape index (κ2) is 6.05. The van der Waals surface area contributed by atoms with Crippen LogP contribution in [-0.4, -0.2) is 25.9 Å². The molecule has 2 rings (SSSR count). The molecule has 1 unspecified atom stereocenters. The first-order chi connectivity index (χ1) is 9.17. The lowest BCUT2D eigenvalue weighted by Crippen LogP contribution is -2.48. The number of methoxy groups -OCH3 is 1. The fourth-order valence-corrected chi connectivity index (χ4v) is 2.33. The molecule has 0 amide bonds. The minimum absolute atomic E-state index is 0.0411. The summed E-state index contributed by atoms with van der Waals surface area (Å²) in [5, 5.41) is 12.5. The van der Waals surface area contributed by atoms with Crippen molar-refractivity contribution in [3.05, 3.63) is 29.3 Å². The maximum absolute atomic E-state index is 8.95. The fraction of sp³-hybridized carbons (Fsp3) is 0.533. The van der Waals surface area contributed by atoms with Crippen molar-refractivity contribution in [1.29, 1.82) is 5.26 Å². The van der Waals surface area contributed by atoms with Crippen molar-refractivity contribution < 1.29 is 9.47 Å². The van der Waals surface area contributed by atoms with Crippen LogP contribution in [0.4, 0.5) is 0 Å². The zero-order chi connectivity index (χ0) is 13.7. The molecule has 1 saturated heterocycles. The van der Waals surface area contributed by atoms with Gasteiger partial charge in [-0.15, -0.1) is 0 Å². The molecule has 1 heterocycles. The maximum atomic E-state index is 8.95. The molecule has 1 atom stereocenters. The molecule has 0 radical (unpaired) electrons. The van der Waals surface area contributed by atoms with Crippen LogP contribution < -0.4 is 10.1 Å². The SMILES string of the molecule is COc1cc(CNC2(C)CCCOC2)ccc1C#N. The molecular formula is C15H20N2O2. The van der Waals surface area contributed by atoms with E-state index >= 15 is 0 Å². The Labute approximate surface area is 114 Å². The van der Waals surface area contributed by atoms with Crippen LogP contribution in [0.25, 0.3) is 0 Å². The lowest BCUT2D eigenvalue weighted by Gasteiger charge is -2.34. The lowest BCUT2D eigenvalue weighted by atomic mass is 9.94. The van der Waals surface area contributed by atoms with E-state index in [1.165, 1.54) is 0 Å². The standard InChI is InChI=1S/C15H20N2O2/c1-15(6-3-7-19-11-15)17-10-12-4-5-13(9-16)14(8-12)18-2/h4-5,8,17H,3,6-7,10-11H2,1-2H3. The zero-order valence-corrected chi connectivity index (χ0v) is 11.5. The second-order valence-electron chi connectivity index (χ2n) is 5.22. The summed E-state index contributed by atoms with van der Waals surface area (Å²) in [7, 11) is 1.59. The number of hydrogen-bond acceptors (Lipinski definition) is 4. The first-order valence-corrected chi connectivity index (χ1v) is 6.57. The Balaban J connectivity index is 2.01.